The number of ether oxygens (including phenoxy) is 5. The van der Waals surface area contributed by atoms with Crippen LogP contribution in [0.1, 0.15) is 34.2 Å². The van der Waals surface area contributed by atoms with Crippen LogP contribution in [0.15, 0.2) is 131 Å². The molecule has 4 atom stereocenters. The number of rotatable bonds is 13. The van der Waals surface area contributed by atoms with Crippen LogP contribution in [-0.4, -0.2) is 40.7 Å². The minimum atomic E-state index is -1.11. The molecular weight excluding hydrogens is 608 g/mol. The van der Waals surface area contributed by atoms with Gasteiger partial charge in [-0.15, -0.1) is 0 Å². The Balaban J connectivity index is 1.25. The van der Waals surface area contributed by atoms with Gasteiger partial charge < -0.3 is 23.7 Å². The SMILES string of the molecule is COc1ccc(Cn2c(=O)cc3n(c2=O)[C@@H]2O[C@H](COCc4ccccc4)[C@@H](OCc4ccccc4)[C@]2(OCc2ccccc2)C3)cc1. The van der Waals surface area contributed by atoms with Crippen LogP contribution in [0.4, 0.5) is 0 Å². The summed E-state index contributed by atoms with van der Waals surface area (Å²) in [4.78, 5) is 27.7. The molecule has 1 saturated heterocycles. The lowest BCUT2D eigenvalue weighted by Crippen LogP contribution is -2.50. The summed E-state index contributed by atoms with van der Waals surface area (Å²) in [5.41, 5.74) is 2.39. The summed E-state index contributed by atoms with van der Waals surface area (Å²) >= 11 is 0. The molecule has 246 valence electrons. The van der Waals surface area contributed by atoms with Crippen molar-refractivity contribution in [3.05, 3.63) is 170 Å². The maximum Gasteiger partial charge on any atom is 0.333 e. The number of fused-ring (bicyclic) bond motifs is 3. The third-order valence-corrected chi connectivity index (χ3v) is 9.05. The first-order valence-corrected chi connectivity index (χ1v) is 16.1. The zero-order chi connectivity index (χ0) is 32.9. The van der Waals surface area contributed by atoms with E-state index in [-0.39, 0.29) is 31.7 Å². The van der Waals surface area contributed by atoms with Crippen LogP contribution in [-0.2, 0) is 51.7 Å². The monoisotopic (exact) mass is 646 g/mol. The topological polar surface area (TPSA) is 90.2 Å². The van der Waals surface area contributed by atoms with Crippen LogP contribution in [0.3, 0.4) is 0 Å². The fraction of sp³-hybridized carbons (Fsp3) is 0.282. The molecule has 1 fully saturated rings. The molecule has 0 radical (unpaired) electrons. The number of benzene rings is 4. The highest BCUT2D eigenvalue weighted by atomic mass is 16.6. The summed E-state index contributed by atoms with van der Waals surface area (Å²) < 4.78 is 34.6. The normalized spacial score (nSPS) is 21.1. The standard InChI is InChI=1S/C39H38N2O7/c1-44-33-19-17-28(18-20-33)23-40-35(42)21-32-22-39(47-26-31-15-9-4-10-16-31)36(46-25-30-13-7-3-8-14-30)34(48-37(39)41(32)38(40)43)27-45-24-29-11-5-2-6-12-29/h2-21,34,36-37H,22-27H2,1H3/t34-,36-,37-,39-/m1/s1. The van der Waals surface area contributed by atoms with Crippen LogP contribution >= 0.6 is 0 Å². The van der Waals surface area contributed by atoms with Gasteiger partial charge in [-0.1, -0.05) is 103 Å². The second kappa shape index (κ2) is 14.1. The highest BCUT2D eigenvalue weighted by Crippen LogP contribution is 2.49. The molecule has 48 heavy (non-hydrogen) atoms. The summed E-state index contributed by atoms with van der Waals surface area (Å²) in [5, 5.41) is 0. The van der Waals surface area contributed by atoms with Gasteiger partial charge in [-0.2, -0.15) is 0 Å². The Hall–Kier alpha value is -4.80. The molecule has 3 heterocycles. The molecule has 0 aliphatic carbocycles. The first-order chi connectivity index (χ1) is 23.5. The number of nitrogens with zero attached hydrogens (tertiary/aromatic N) is 2. The van der Waals surface area contributed by atoms with E-state index in [2.05, 4.69) is 0 Å². The molecular formula is C39H38N2O7. The quantitative estimate of drug-likeness (QED) is 0.172. The number of hydrogen-bond donors (Lipinski definition) is 0. The van der Waals surface area contributed by atoms with Crippen molar-refractivity contribution >= 4 is 0 Å². The minimum absolute atomic E-state index is 0.101. The van der Waals surface area contributed by atoms with Crippen molar-refractivity contribution in [2.75, 3.05) is 13.7 Å². The molecule has 0 unspecified atom stereocenters. The second-order valence-corrected chi connectivity index (χ2v) is 12.2. The van der Waals surface area contributed by atoms with Crippen molar-refractivity contribution in [1.29, 1.82) is 0 Å². The van der Waals surface area contributed by atoms with Crippen LogP contribution in [0, 0.1) is 0 Å². The van der Waals surface area contributed by atoms with Gasteiger partial charge in [0, 0.05) is 18.2 Å². The maximum absolute atomic E-state index is 14.3. The predicted octanol–water partition coefficient (Wildman–Crippen LogP) is 5.28. The molecule has 0 amide bonds. The second-order valence-electron chi connectivity index (χ2n) is 12.2. The Morgan fingerprint density at radius 3 is 1.98 bits per heavy atom. The number of methoxy groups -OCH3 is 1. The Morgan fingerprint density at radius 1 is 0.750 bits per heavy atom. The largest absolute Gasteiger partial charge is 0.497 e. The van der Waals surface area contributed by atoms with Gasteiger partial charge in [-0.25, -0.2) is 4.79 Å². The van der Waals surface area contributed by atoms with Crippen molar-refractivity contribution in [2.45, 2.75) is 56.8 Å². The molecule has 4 aromatic carbocycles. The van der Waals surface area contributed by atoms with E-state index >= 15 is 0 Å². The van der Waals surface area contributed by atoms with Gasteiger partial charge in [0.1, 0.15) is 23.6 Å². The molecule has 1 aromatic heterocycles. The first kappa shape index (κ1) is 31.8. The molecule has 0 saturated carbocycles. The Kier molecular flexibility index (Phi) is 9.36. The van der Waals surface area contributed by atoms with Gasteiger partial charge in [0.05, 0.1) is 40.1 Å². The van der Waals surface area contributed by atoms with E-state index in [0.717, 1.165) is 22.3 Å². The lowest BCUT2D eigenvalue weighted by atomic mass is 9.91. The molecule has 9 heteroatoms. The number of aromatic nitrogens is 2. The van der Waals surface area contributed by atoms with E-state index in [1.165, 1.54) is 10.6 Å². The van der Waals surface area contributed by atoms with Crippen LogP contribution in [0.25, 0.3) is 0 Å². The predicted molar refractivity (Wildman–Crippen MR) is 180 cm³/mol. The molecule has 9 nitrogen and oxygen atoms in total. The lowest BCUT2D eigenvalue weighted by molar-refractivity contribution is -0.160. The van der Waals surface area contributed by atoms with Crippen LogP contribution < -0.4 is 16.0 Å². The van der Waals surface area contributed by atoms with E-state index in [1.807, 2.05) is 115 Å². The molecule has 2 aliphatic heterocycles. The van der Waals surface area contributed by atoms with Gasteiger partial charge in [-0.3, -0.25) is 13.9 Å². The Labute approximate surface area is 278 Å². The van der Waals surface area contributed by atoms with Crippen molar-refractivity contribution < 1.29 is 23.7 Å². The summed E-state index contributed by atoms with van der Waals surface area (Å²) in [5.74, 6) is 0.693. The fourth-order valence-corrected chi connectivity index (χ4v) is 6.64. The van der Waals surface area contributed by atoms with E-state index in [4.69, 9.17) is 23.7 Å². The lowest BCUT2D eigenvalue weighted by Gasteiger charge is -2.34. The highest BCUT2D eigenvalue weighted by molar-refractivity contribution is 5.28. The zero-order valence-corrected chi connectivity index (χ0v) is 26.8. The Bertz CT molecular complexity index is 1930. The van der Waals surface area contributed by atoms with E-state index < -0.39 is 29.7 Å². The molecule has 5 aromatic rings. The van der Waals surface area contributed by atoms with Crippen molar-refractivity contribution in [1.82, 2.24) is 9.13 Å². The summed E-state index contributed by atoms with van der Waals surface area (Å²) in [7, 11) is 1.59. The van der Waals surface area contributed by atoms with Gasteiger partial charge in [0.25, 0.3) is 5.56 Å². The maximum atomic E-state index is 14.3. The smallest absolute Gasteiger partial charge is 0.333 e. The van der Waals surface area contributed by atoms with Gasteiger partial charge in [0.2, 0.25) is 0 Å². The third kappa shape index (κ3) is 6.50. The van der Waals surface area contributed by atoms with Gasteiger partial charge >= 0.3 is 5.69 Å². The average Bonchev–Trinajstić information content (AvgIpc) is 3.59. The molecule has 0 N–H and O–H groups in total. The average molecular weight is 647 g/mol. The van der Waals surface area contributed by atoms with Crippen LogP contribution in [0.2, 0.25) is 0 Å². The highest BCUT2D eigenvalue weighted by Gasteiger charge is 2.63. The fourth-order valence-electron chi connectivity index (χ4n) is 6.64. The summed E-state index contributed by atoms with van der Waals surface area (Å²) in [6.07, 6.45) is -1.77. The van der Waals surface area contributed by atoms with Gasteiger partial charge in [-0.05, 0) is 34.4 Å². The summed E-state index contributed by atoms with van der Waals surface area (Å²) in [6.45, 7) is 1.29. The zero-order valence-electron chi connectivity index (χ0n) is 26.8. The Morgan fingerprint density at radius 2 is 1.35 bits per heavy atom. The number of hydrogen-bond acceptors (Lipinski definition) is 7. The molecule has 2 aliphatic rings. The summed E-state index contributed by atoms with van der Waals surface area (Å²) in [6, 6.07) is 38.5. The molecule has 0 spiro atoms. The van der Waals surface area contributed by atoms with E-state index in [0.29, 0.717) is 24.7 Å². The molecule has 0 bridgehead atoms. The van der Waals surface area contributed by atoms with Crippen molar-refractivity contribution in [3.8, 4) is 5.75 Å². The van der Waals surface area contributed by atoms with Crippen LogP contribution in [0.5, 0.6) is 5.75 Å². The first-order valence-electron chi connectivity index (χ1n) is 16.1. The van der Waals surface area contributed by atoms with E-state index in [1.54, 1.807) is 11.7 Å². The van der Waals surface area contributed by atoms with Crippen molar-refractivity contribution in [2.24, 2.45) is 0 Å². The third-order valence-electron chi connectivity index (χ3n) is 9.05. The van der Waals surface area contributed by atoms with E-state index in [9.17, 15) is 9.59 Å². The molecule has 7 rings (SSSR count). The minimum Gasteiger partial charge on any atom is -0.497 e. The van der Waals surface area contributed by atoms with Crippen molar-refractivity contribution in [3.63, 3.8) is 0 Å². The van der Waals surface area contributed by atoms with Gasteiger partial charge in [0.15, 0.2) is 6.23 Å².